The summed E-state index contributed by atoms with van der Waals surface area (Å²) < 4.78 is 0. The maximum absolute atomic E-state index is 10.1. The van der Waals surface area contributed by atoms with Gasteiger partial charge in [0.1, 0.15) is 0 Å². The monoisotopic (exact) mass is 230 g/mol. The van der Waals surface area contributed by atoms with E-state index in [2.05, 4.69) is 6.92 Å². The van der Waals surface area contributed by atoms with Gasteiger partial charge < -0.3 is 5.11 Å². The first-order valence-electron chi connectivity index (χ1n) is 5.09. The average Bonchev–Trinajstić information content (AvgIpc) is 2.73. The van der Waals surface area contributed by atoms with E-state index in [-0.39, 0.29) is 6.10 Å². The Bertz CT molecular complexity index is 310. The van der Waals surface area contributed by atoms with Crippen molar-refractivity contribution >= 4 is 22.9 Å². The SMILES string of the molecule is CC1CCC(C(O)c2sccc2Cl)C1. The van der Waals surface area contributed by atoms with Gasteiger partial charge >= 0.3 is 0 Å². The molecule has 3 atom stereocenters. The lowest BCUT2D eigenvalue weighted by molar-refractivity contribution is 0.113. The third kappa shape index (κ3) is 1.97. The maximum Gasteiger partial charge on any atom is 0.0925 e. The summed E-state index contributed by atoms with van der Waals surface area (Å²) in [6.45, 7) is 2.25. The number of hydrogen-bond donors (Lipinski definition) is 1. The van der Waals surface area contributed by atoms with Crippen molar-refractivity contribution in [3.63, 3.8) is 0 Å². The van der Waals surface area contributed by atoms with Crippen molar-refractivity contribution in [2.75, 3.05) is 0 Å². The Labute approximate surface area is 93.7 Å². The summed E-state index contributed by atoms with van der Waals surface area (Å²) in [7, 11) is 0. The highest BCUT2D eigenvalue weighted by Gasteiger charge is 2.30. The highest BCUT2D eigenvalue weighted by Crippen LogP contribution is 2.42. The molecule has 1 nitrogen and oxygen atoms in total. The van der Waals surface area contributed by atoms with E-state index in [4.69, 9.17) is 11.6 Å². The maximum atomic E-state index is 10.1. The molecule has 3 heteroatoms. The minimum atomic E-state index is -0.340. The predicted octanol–water partition coefficient (Wildman–Crippen LogP) is 3.87. The summed E-state index contributed by atoms with van der Waals surface area (Å²) in [5.41, 5.74) is 0. The number of rotatable bonds is 2. The van der Waals surface area contributed by atoms with Crippen LogP contribution in [0.4, 0.5) is 0 Å². The topological polar surface area (TPSA) is 20.2 Å². The van der Waals surface area contributed by atoms with Gasteiger partial charge in [0, 0.05) is 0 Å². The smallest absolute Gasteiger partial charge is 0.0925 e. The fourth-order valence-corrected chi connectivity index (χ4v) is 3.51. The molecule has 14 heavy (non-hydrogen) atoms. The molecule has 0 saturated heterocycles. The van der Waals surface area contributed by atoms with Crippen LogP contribution in [0.2, 0.25) is 5.02 Å². The Morgan fingerprint density at radius 1 is 1.57 bits per heavy atom. The van der Waals surface area contributed by atoms with Crippen LogP contribution in [0.5, 0.6) is 0 Å². The van der Waals surface area contributed by atoms with Gasteiger partial charge in [0.05, 0.1) is 16.0 Å². The second kappa shape index (κ2) is 4.21. The number of hydrogen-bond acceptors (Lipinski definition) is 2. The lowest BCUT2D eigenvalue weighted by atomic mass is 9.98. The summed E-state index contributed by atoms with van der Waals surface area (Å²) in [6, 6.07) is 1.86. The highest BCUT2D eigenvalue weighted by molar-refractivity contribution is 7.10. The normalized spacial score (nSPS) is 29.4. The molecule has 1 heterocycles. The van der Waals surface area contributed by atoms with E-state index in [0.29, 0.717) is 5.92 Å². The Kier molecular flexibility index (Phi) is 3.15. The van der Waals surface area contributed by atoms with Crippen molar-refractivity contribution in [2.24, 2.45) is 11.8 Å². The van der Waals surface area contributed by atoms with Crippen molar-refractivity contribution < 1.29 is 5.11 Å². The zero-order valence-corrected chi connectivity index (χ0v) is 9.81. The van der Waals surface area contributed by atoms with Crippen LogP contribution in [-0.2, 0) is 0 Å². The third-order valence-electron chi connectivity index (χ3n) is 3.10. The van der Waals surface area contributed by atoms with Crippen molar-refractivity contribution in [2.45, 2.75) is 32.3 Å². The molecule has 0 radical (unpaired) electrons. The van der Waals surface area contributed by atoms with Gasteiger partial charge in [-0.05, 0) is 36.1 Å². The fraction of sp³-hybridized carbons (Fsp3) is 0.636. The second-order valence-corrected chi connectivity index (χ2v) is 5.61. The van der Waals surface area contributed by atoms with Gasteiger partial charge in [-0.2, -0.15) is 0 Å². The van der Waals surface area contributed by atoms with Gasteiger partial charge in [-0.15, -0.1) is 11.3 Å². The average molecular weight is 231 g/mol. The van der Waals surface area contributed by atoms with Crippen LogP contribution in [0.25, 0.3) is 0 Å². The molecule has 1 aromatic rings. The summed E-state index contributed by atoms with van der Waals surface area (Å²) in [5.74, 6) is 1.18. The van der Waals surface area contributed by atoms with E-state index in [1.807, 2.05) is 11.4 Å². The van der Waals surface area contributed by atoms with Crippen LogP contribution in [0.15, 0.2) is 11.4 Å². The van der Waals surface area contributed by atoms with Gasteiger partial charge in [0.25, 0.3) is 0 Å². The Balaban J connectivity index is 2.09. The molecule has 0 bridgehead atoms. The van der Waals surface area contributed by atoms with E-state index in [0.717, 1.165) is 28.7 Å². The molecule has 1 aliphatic rings. The molecular formula is C11H15ClOS. The van der Waals surface area contributed by atoms with E-state index in [1.54, 1.807) is 11.3 Å². The summed E-state index contributed by atoms with van der Waals surface area (Å²) in [5, 5.41) is 12.8. The molecule has 1 aromatic heterocycles. The van der Waals surface area contributed by atoms with Crippen LogP contribution in [0, 0.1) is 11.8 Å². The molecule has 78 valence electrons. The van der Waals surface area contributed by atoms with Crippen LogP contribution < -0.4 is 0 Å². The van der Waals surface area contributed by atoms with E-state index in [9.17, 15) is 5.11 Å². The van der Waals surface area contributed by atoms with Gasteiger partial charge in [0.2, 0.25) is 0 Å². The minimum Gasteiger partial charge on any atom is -0.387 e. The Morgan fingerprint density at radius 3 is 2.86 bits per heavy atom. The van der Waals surface area contributed by atoms with Crippen LogP contribution in [0.1, 0.15) is 37.2 Å². The fourth-order valence-electron chi connectivity index (χ4n) is 2.27. The molecule has 1 aliphatic carbocycles. The largest absolute Gasteiger partial charge is 0.387 e. The standard InChI is InChI=1S/C11H15ClOS/c1-7-2-3-8(6-7)10(13)11-9(12)4-5-14-11/h4-5,7-8,10,13H,2-3,6H2,1H3. The van der Waals surface area contributed by atoms with Gasteiger partial charge in [0.15, 0.2) is 0 Å². The molecule has 0 spiro atoms. The van der Waals surface area contributed by atoms with Crippen molar-refractivity contribution in [1.82, 2.24) is 0 Å². The van der Waals surface area contributed by atoms with Crippen molar-refractivity contribution in [3.05, 3.63) is 21.3 Å². The molecular weight excluding hydrogens is 216 g/mol. The first kappa shape index (κ1) is 10.5. The zero-order chi connectivity index (χ0) is 10.1. The van der Waals surface area contributed by atoms with Gasteiger partial charge in [-0.3, -0.25) is 0 Å². The number of aliphatic hydroxyl groups excluding tert-OH is 1. The minimum absolute atomic E-state index is 0.340. The lowest BCUT2D eigenvalue weighted by Gasteiger charge is -2.16. The zero-order valence-electron chi connectivity index (χ0n) is 8.24. The Morgan fingerprint density at radius 2 is 2.36 bits per heavy atom. The van der Waals surface area contributed by atoms with Crippen LogP contribution >= 0.6 is 22.9 Å². The van der Waals surface area contributed by atoms with E-state index >= 15 is 0 Å². The molecule has 0 amide bonds. The molecule has 3 unspecified atom stereocenters. The highest BCUT2D eigenvalue weighted by atomic mass is 35.5. The predicted molar refractivity (Wildman–Crippen MR) is 60.8 cm³/mol. The molecule has 0 aromatic carbocycles. The van der Waals surface area contributed by atoms with Gasteiger partial charge in [-0.1, -0.05) is 24.9 Å². The van der Waals surface area contributed by atoms with Crippen LogP contribution in [-0.4, -0.2) is 5.11 Å². The molecule has 1 fully saturated rings. The summed E-state index contributed by atoms with van der Waals surface area (Å²) in [6.07, 6.45) is 3.17. The quantitative estimate of drug-likeness (QED) is 0.818. The first-order chi connectivity index (χ1) is 6.68. The molecule has 2 rings (SSSR count). The molecule has 1 N–H and O–H groups in total. The second-order valence-electron chi connectivity index (χ2n) is 4.26. The third-order valence-corrected chi connectivity index (χ3v) is 4.52. The van der Waals surface area contributed by atoms with Gasteiger partial charge in [-0.25, -0.2) is 0 Å². The molecule has 0 aliphatic heterocycles. The number of thiophene rings is 1. The van der Waals surface area contributed by atoms with E-state index in [1.165, 1.54) is 6.42 Å². The number of aliphatic hydroxyl groups is 1. The van der Waals surface area contributed by atoms with E-state index < -0.39 is 0 Å². The summed E-state index contributed by atoms with van der Waals surface area (Å²) in [4.78, 5) is 0.950. The van der Waals surface area contributed by atoms with Crippen molar-refractivity contribution in [1.29, 1.82) is 0 Å². The Hall–Kier alpha value is -0.0500. The lowest BCUT2D eigenvalue weighted by Crippen LogP contribution is -2.08. The van der Waals surface area contributed by atoms with Crippen molar-refractivity contribution in [3.8, 4) is 0 Å². The van der Waals surface area contributed by atoms with Crippen LogP contribution in [0.3, 0.4) is 0 Å². The first-order valence-corrected chi connectivity index (χ1v) is 6.35. The molecule has 1 saturated carbocycles. The summed E-state index contributed by atoms with van der Waals surface area (Å²) >= 11 is 7.56. The number of halogens is 1.